The summed E-state index contributed by atoms with van der Waals surface area (Å²) in [6.45, 7) is 1.02. The Morgan fingerprint density at radius 3 is 2.67 bits per heavy atom. The van der Waals surface area contributed by atoms with Crippen LogP contribution in [0.3, 0.4) is 0 Å². The molecule has 0 aromatic rings. The van der Waals surface area contributed by atoms with E-state index in [9.17, 15) is 5.11 Å². The van der Waals surface area contributed by atoms with Crippen molar-refractivity contribution in [1.29, 1.82) is 0 Å². The maximum Gasteiger partial charge on any atom is 0.0569 e. The molecule has 2 rings (SSSR count). The molecule has 1 heterocycles. The minimum absolute atomic E-state index is 0.0197. The first-order chi connectivity index (χ1) is 4.31. The first-order valence-corrected chi connectivity index (χ1v) is 3.74. The van der Waals surface area contributed by atoms with Gasteiger partial charge in [-0.3, -0.25) is 0 Å². The monoisotopic (exact) mass is 127 g/mol. The molecule has 0 aromatic carbocycles. The predicted octanol–water partition coefficient (Wildman–Crippen LogP) is 0.263. The van der Waals surface area contributed by atoms with Gasteiger partial charge in [0.15, 0.2) is 0 Å². The van der Waals surface area contributed by atoms with Gasteiger partial charge in [-0.05, 0) is 32.2 Å². The summed E-state index contributed by atoms with van der Waals surface area (Å²) in [7, 11) is 0. The third-order valence-electron chi connectivity index (χ3n) is 2.46. The lowest BCUT2D eigenvalue weighted by molar-refractivity contribution is 0.110. The Labute approximate surface area is 55.3 Å². The Bertz CT molecular complexity index is 120. The summed E-state index contributed by atoms with van der Waals surface area (Å²) in [5.74, 6) is 0. The molecule has 2 aliphatic rings. The molecule has 9 heavy (non-hydrogen) atoms. The van der Waals surface area contributed by atoms with Crippen LogP contribution in [0.1, 0.15) is 25.7 Å². The molecular weight excluding hydrogens is 114 g/mol. The van der Waals surface area contributed by atoms with Crippen LogP contribution >= 0.6 is 0 Å². The van der Waals surface area contributed by atoms with E-state index < -0.39 is 0 Å². The number of hydrogen-bond donors (Lipinski definition) is 2. The smallest absolute Gasteiger partial charge is 0.0569 e. The predicted molar refractivity (Wildman–Crippen MR) is 35.2 cm³/mol. The standard InChI is InChI=1S/C7H13NO/c9-6-1-4-8-7(5-6)2-3-7/h6,8-9H,1-5H2. The zero-order chi connectivity index (χ0) is 6.32. The van der Waals surface area contributed by atoms with Gasteiger partial charge in [0.1, 0.15) is 0 Å². The van der Waals surface area contributed by atoms with E-state index in [-0.39, 0.29) is 6.10 Å². The fraction of sp³-hybridized carbons (Fsp3) is 1.00. The first-order valence-electron chi connectivity index (χ1n) is 3.74. The molecule has 1 saturated heterocycles. The number of nitrogens with one attached hydrogen (secondary N) is 1. The van der Waals surface area contributed by atoms with Crippen molar-refractivity contribution in [1.82, 2.24) is 5.32 Å². The Morgan fingerprint density at radius 2 is 2.22 bits per heavy atom. The Balaban J connectivity index is 1.96. The van der Waals surface area contributed by atoms with Crippen LogP contribution in [0.5, 0.6) is 0 Å². The van der Waals surface area contributed by atoms with Gasteiger partial charge in [-0.1, -0.05) is 0 Å². The lowest BCUT2D eigenvalue weighted by Crippen LogP contribution is -2.42. The molecule has 0 bridgehead atoms. The van der Waals surface area contributed by atoms with Crippen molar-refractivity contribution in [3.8, 4) is 0 Å². The number of aliphatic hydroxyl groups is 1. The summed E-state index contributed by atoms with van der Waals surface area (Å²) in [6.07, 6.45) is 4.48. The number of piperidine rings is 1. The molecule has 0 aromatic heterocycles. The van der Waals surface area contributed by atoms with Gasteiger partial charge in [0.05, 0.1) is 6.10 Å². The van der Waals surface area contributed by atoms with Crippen molar-refractivity contribution in [3.05, 3.63) is 0 Å². The largest absolute Gasteiger partial charge is 0.393 e. The van der Waals surface area contributed by atoms with E-state index in [0.717, 1.165) is 19.4 Å². The molecule has 2 nitrogen and oxygen atoms in total. The molecule has 1 aliphatic carbocycles. The van der Waals surface area contributed by atoms with Crippen molar-refractivity contribution in [3.63, 3.8) is 0 Å². The molecule has 1 atom stereocenters. The SMILES string of the molecule is OC1CCNC2(CC2)C1. The van der Waals surface area contributed by atoms with Gasteiger partial charge >= 0.3 is 0 Å². The minimum Gasteiger partial charge on any atom is -0.393 e. The normalized spacial score (nSPS) is 39.0. The molecule has 1 unspecified atom stereocenters. The van der Waals surface area contributed by atoms with Crippen molar-refractivity contribution in [2.24, 2.45) is 0 Å². The van der Waals surface area contributed by atoms with Crippen molar-refractivity contribution in [2.75, 3.05) is 6.54 Å². The summed E-state index contributed by atoms with van der Waals surface area (Å²) in [5.41, 5.74) is 0.400. The van der Waals surface area contributed by atoms with E-state index in [0.29, 0.717) is 5.54 Å². The molecular formula is C7H13NO. The molecule has 2 N–H and O–H groups in total. The quantitative estimate of drug-likeness (QED) is 0.489. The number of rotatable bonds is 0. The zero-order valence-corrected chi connectivity index (χ0v) is 5.56. The fourth-order valence-electron chi connectivity index (χ4n) is 1.66. The molecule has 52 valence electrons. The Hall–Kier alpha value is -0.0800. The second-order valence-corrected chi connectivity index (χ2v) is 3.35. The van der Waals surface area contributed by atoms with E-state index >= 15 is 0 Å². The van der Waals surface area contributed by atoms with E-state index in [4.69, 9.17) is 0 Å². The minimum atomic E-state index is -0.0197. The molecule has 0 radical (unpaired) electrons. The lowest BCUT2D eigenvalue weighted by Gasteiger charge is -2.26. The average molecular weight is 127 g/mol. The maximum absolute atomic E-state index is 9.24. The Kier molecular flexibility index (Phi) is 1.08. The molecule has 2 fully saturated rings. The summed E-state index contributed by atoms with van der Waals surface area (Å²) in [4.78, 5) is 0. The summed E-state index contributed by atoms with van der Waals surface area (Å²) < 4.78 is 0. The van der Waals surface area contributed by atoms with Gasteiger partial charge < -0.3 is 10.4 Å². The van der Waals surface area contributed by atoms with Crippen LogP contribution < -0.4 is 5.32 Å². The van der Waals surface area contributed by atoms with Gasteiger partial charge in [-0.25, -0.2) is 0 Å². The van der Waals surface area contributed by atoms with Crippen LogP contribution in [-0.4, -0.2) is 23.3 Å². The lowest BCUT2D eigenvalue weighted by atomic mass is 10.0. The maximum atomic E-state index is 9.24. The van der Waals surface area contributed by atoms with Crippen LogP contribution in [0.25, 0.3) is 0 Å². The number of hydrogen-bond acceptors (Lipinski definition) is 2. The van der Waals surface area contributed by atoms with Crippen molar-refractivity contribution in [2.45, 2.75) is 37.3 Å². The third-order valence-corrected chi connectivity index (χ3v) is 2.46. The number of aliphatic hydroxyl groups excluding tert-OH is 1. The van der Waals surface area contributed by atoms with Crippen molar-refractivity contribution < 1.29 is 5.11 Å². The van der Waals surface area contributed by atoms with Gasteiger partial charge in [0, 0.05) is 5.54 Å². The highest BCUT2D eigenvalue weighted by molar-refractivity contribution is 5.05. The van der Waals surface area contributed by atoms with Crippen LogP contribution in [0.4, 0.5) is 0 Å². The van der Waals surface area contributed by atoms with E-state index in [1.165, 1.54) is 12.8 Å². The highest BCUT2D eigenvalue weighted by Gasteiger charge is 2.45. The highest BCUT2D eigenvalue weighted by Crippen LogP contribution is 2.41. The summed E-state index contributed by atoms with van der Waals surface area (Å²) in [6, 6.07) is 0. The van der Waals surface area contributed by atoms with Gasteiger partial charge in [-0.15, -0.1) is 0 Å². The van der Waals surface area contributed by atoms with Crippen LogP contribution in [0.15, 0.2) is 0 Å². The Morgan fingerprint density at radius 1 is 1.44 bits per heavy atom. The molecule has 1 aliphatic heterocycles. The van der Waals surface area contributed by atoms with Gasteiger partial charge in [0.25, 0.3) is 0 Å². The molecule has 1 saturated carbocycles. The summed E-state index contributed by atoms with van der Waals surface area (Å²) in [5, 5.41) is 12.7. The second-order valence-electron chi connectivity index (χ2n) is 3.35. The molecule has 1 spiro atoms. The molecule has 2 heteroatoms. The first kappa shape index (κ1) is 5.69. The van der Waals surface area contributed by atoms with Crippen LogP contribution in [0, 0.1) is 0 Å². The third kappa shape index (κ3) is 0.970. The fourth-order valence-corrected chi connectivity index (χ4v) is 1.66. The topological polar surface area (TPSA) is 32.3 Å². The zero-order valence-electron chi connectivity index (χ0n) is 5.56. The van der Waals surface area contributed by atoms with Crippen LogP contribution in [-0.2, 0) is 0 Å². The van der Waals surface area contributed by atoms with Gasteiger partial charge in [0.2, 0.25) is 0 Å². The highest BCUT2D eigenvalue weighted by atomic mass is 16.3. The van der Waals surface area contributed by atoms with E-state index in [2.05, 4.69) is 5.32 Å². The second kappa shape index (κ2) is 1.70. The van der Waals surface area contributed by atoms with Gasteiger partial charge in [-0.2, -0.15) is 0 Å². The average Bonchev–Trinajstić information content (AvgIpc) is 2.49. The van der Waals surface area contributed by atoms with Crippen LogP contribution in [0.2, 0.25) is 0 Å². The van der Waals surface area contributed by atoms with E-state index in [1.54, 1.807) is 0 Å². The summed E-state index contributed by atoms with van der Waals surface area (Å²) >= 11 is 0. The molecule has 0 amide bonds. The van der Waals surface area contributed by atoms with E-state index in [1.807, 2.05) is 0 Å². The van der Waals surface area contributed by atoms with Crippen molar-refractivity contribution >= 4 is 0 Å².